The Hall–Kier alpha value is -1.84. The van der Waals surface area contributed by atoms with Crippen molar-refractivity contribution >= 4 is 0 Å². The maximum atomic E-state index is 13.4. The van der Waals surface area contributed by atoms with Gasteiger partial charge in [-0.3, -0.25) is 0 Å². The van der Waals surface area contributed by atoms with Crippen molar-refractivity contribution in [2.24, 2.45) is 0 Å². The van der Waals surface area contributed by atoms with Crippen LogP contribution in [-0.2, 0) is 12.6 Å². The van der Waals surface area contributed by atoms with Gasteiger partial charge in [-0.2, -0.15) is 13.2 Å². The molecule has 0 unspecified atom stereocenters. The lowest BCUT2D eigenvalue weighted by molar-refractivity contribution is -0.137. The van der Waals surface area contributed by atoms with Crippen LogP contribution in [0.2, 0.25) is 0 Å². The second-order valence-electron chi connectivity index (χ2n) is 3.96. The Labute approximate surface area is 102 Å². The van der Waals surface area contributed by atoms with E-state index in [1.807, 2.05) is 0 Å². The summed E-state index contributed by atoms with van der Waals surface area (Å²) in [5.41, 5.74) is 0.421. The van der Waals surface area contributed by atoms with Gasteiger partial charge in [-0.15, -0.1) is 0 Å². The molecule has 0 heterocycles. The fourth-order valence-electron chi connectivity index (χ4n) is 1.67. The first-order valence-corrected chi connectivity index (χ1v) is 5.36. The number of halogens is 4. The summed E-state index contributed by atoms with van der Waals surface area (Å²) in [6.45, 7) is 0. The molecule has 0 aliphatic carbocycles. The normalized spacial score (nSPS) is 11.6. The minimum atomic E-state index is -4.34. The smallest absolute Gasteiger partial charge is 0.207 e. The minimum Gasteiger partial charge on any atom is -0.207 e. The summed E-state index contributed by atoms with van der Waals surface area (Å²) in [4.78, 5) is 0. The third-order valence-corrected chi connectivity index (χ3v) is 2.63. The molecule has 0 radical (unpaired) electrons. The van der Waals surface area contributed by atoms with Crippen LogP contribution in [0.1, 0.15) is 16.7 Å². The van der Waals surface area contributed by atoms with Gasteiger partial charge >= 0.3 is 6.18 Å². The summed E-state index contributed by atoms with van der Waals surface area (Å²) >= 11 is 0. The van der Waals surface area contributed by atoms with E-state index >= 15 is 0 Å². The molecule has 2 rings (SSSR count). The highest BCUT2D eigenvalue weighted by Crippen LogP contribution is 2.29. The number of alkyl halides is 3. The van der Waals surface area contributed by atoms with E-state index in [2.05, 4.69) is 0 Å². The highest BCUT2D eigenvalue weighted by Gasteiger charge is 2.29. The summed E-state index contributed by atoms with van der Waals surface area (Å²) in [6.07, 6.45) is -4.05. The number of benzene rings is 2. The Morgan fingerprint density at radius 1 is 0.833 bits per heavy atom. The molecule has 0 saturated heterocycles. The van der Waals surface area contributed by atoms with Crippen LogP contribution in [0.5, 0.6) is 0 Å². The first-order chi connectivity index (χ1) is 8.47. The van der Waals surface area contributed by atoms with Crippen molar-refractivity contribution in [2.45, 2.75) is 12.6 Å². The Balaban J connectivity index is 2.19. The molecule has 0 bridgehead atoms. The zero-order valence-corrected chi connectivity index (χ0v) is 9.34. The average Bonchev–Trinajstić information content (AvgIpc) is 2.32. The first-order valence-electron chi connectivity index (χ1n) is 5.36. The van der Waals surface area contributed by atoms with Gasteiger partial charge in [0.15, 0.2) is 0 Å². The number of rotatable bonds is 2. The quantitative estimate of drug-likeness (QED) is 0.695. The van der Waals surface area contributed by atoms with Crippen LogP contribution >= 0.6 is 0 Å². The van der Waals surface area contributed by atoms with E-state index in [0.717, 1.165) is 12.1 Å². The molecule has 0 N–H and O–H groups in total. The van der Waals surface area contributed by atoms with Gasteiger partial charge in [-0.05, 0) is 29.3 Å². The predicted octanol–water partition coefficient (Wildman–Crippen LogP) is 4.44. The van der Waals surface area contributed by atoms with Crippen molar-refractivity contribution in [3.8, 4) is 0 Å². The second-order valence-corrected chi connectivity index (χ2v) is 3.96. The van der Waals surface area contributed by atoms with Gasteiger partial charge in [0.2, 0.25) is 0 Å². The maximum Gasteiger partial charge on any atom is 0.416 e. The molecule has 0 atom stereocenters. The molecule has 0 amide bonds. The highest BCUT2D eigenvalue weighted by atomic mass is 19.4. The molecule has 18 heavy (non-hydrogen) atoms. The predicted molar refractivity (Wildman–Crippen MR) is 60.7 cm³/mol. The number of hydrogen-bond acceptors (Lipinski definition) is 0. The van der Waals surface area contributed by atoms with Gasteiger partial charge in [0.25, 0.3) is 0 Å². The third kappa shape index (κ3) is 2.88. The fraction of sp³-hybridized carbons (Fsp3) is 0.143. The van der Waals surface area contributed by atoms with E-state index in [1.165, 1.54) is 18.2 Å². The third-order valence-electron chi connectivity index (χ3n) is 2.63. The molecule has 0 nitrogen and oxygen atoms in total. The second kappa shape index (κ2) is 4.80. The van der Waals surface area contributed by atoms with E-state index in [0.29, 0.717) is 11.1 Å². The lowest BCUT2D eigenvalue weighted by Crippen LogP contribution is -2.04. The van der Waals surface area contributed by atoms with E-state index < -0.39 is 11.7 Å². The molecule has 0 saturated carbocycles. The number of hydrogen-bond donors (Lipinski definition) is 0. The summed E-state index contributed by atoms with van der Waals surface area (Å²) in [5.74, 6) is -0.350. The van der Waals surface area contributed by atoms with Crippen molar-refractivity contribution < 1.29 is 17.6 Å². The van der Waals surface area contributed by atoms with Gasteiger partial charge < -0.3 is 0 Å². The van der Waals surface area contributed by atoms with Crippen LogP contribution < -0.4 is 0 Å². The van der Waals surface area contributed by atoms with Gasteiger partial charge in [0.05, 0.1) is 5.56 Å². The van der Waals surface area contributed by atoms with Crippen molar-refractivity contribution in [2.75, 3.05) is 0 Å². The molecule has 0 aromatic heterocycles. The molecule has 0 aliphatic rings. The maximum absolute atomic E-state index is 13.4. The summed E-state index contributed by atoms with van der Waals surface area (Å²) in [6, 6.07) is 11.0. The Bertz CT molecular complexity index is 526. The van der Waals surface area contributed by atoms with Gasteiger partial charge in [-0.25, -0.2) is 4.39 Å². The minimum absolute atomic E-state index is 0.283. The van der Waals surface area contributed by atoms with E-state index in [-0.39, 0.29) is 12.2 Å². The van der Waals surface area contributed by atoms with Crippen LogP contribution in [0.4, 0.5) is 17.6 Å². The van der Waals surface area contributed by atoms with E-state index in [1.54, 1.807) is 18.2 Å². The largest absolute Gasteiger partial charge is 0.416 e. The van der Waals surface area contributed by atoms with Crippen molar-refractivity contribution in [3.63, 3.8) is 0 Å². The zero-order chi connectivity index (χ0) is 13.2. The zero-order valence-electron chi connectivity index (χ0n) is 9.34. The lowest BCUT2D eigenvalue weighted by atomic mass is 10.0. The monoisotopic (exact) mass is 254 g/mol. The van der Waals surface area contributed by atoms with Crippen LogP contribution in [0.15, 0.2) is 48.5 Å². The Morgan fingerprint density at radius 2 is 1.44 bits per heavy atom. The lowest BCUT2D eigenvalue weighted by Gasteiger charge is -2.08. The van der Waals surface area contributed by atoms with E-state index in [4.69, 9.17) is 0 Å². The van der Waals surface area contributed by atoms with Crippen molar-refractivity contribution in [1.82, 2.24) is 0 Å². The van der Waals surface area contributed by atoms with Crippen LogP contribution in [0.25, 0.3) is 0 Å². The van der Waals surface area contributed by atoms with E-state index in [9.17, 15) is 17.6 Å². The molecule has 0 spiro atoms. The van der Waals surface area contributed by atoms with Crippen LogP contribution in [0, 0.1) is 5.82 Å². The summed E-state index contributed by atoms with van der Waals surface area (Å²) < 4.78 is 50.4. The summed E-state index contributed by atoms with van der Waals surface area (Å²) in [7, 11) is 0. The fourth-order valence-corrected chi connectivity index (χ4v) is 1.67. The SMILES string of the molecule is Fc1ccccc1Cc1ccc(C(F)(F)F)cc1. The first kappa shape index (κ1) is 12.6. The molecule has 2 aromatic carbocycles. The van der Waals surface area contributed by atoms with Gasteiger partial charge in [0.1, 0.15) is 5.82 Å². The molecule has 0 fully saturated rings. The van der Waals surface area contributed by atoms with Crippen LogP contribution in [0.3, 0.4) is 0 Å². The average molecular weight is 254 g/mol. The van der Waals surface area contributed by atoms with Crippen molar-refractivity contribution in [1.29, 1.82) is 0 Å². The molecular formula is C14H10F4. The van der Waals surface area contributed by atoms with Gasteiger partial charge in [-0.1, -0.05) is 30.3 Å². The standard InChI is InChI=1S/C14H10F4/c15-13-4-2-1-3-11(13)9-10-5-7-12(8-6-10)14(16,17)18/h1-8H,9H2. The molecular weight excluding hydrogens is 244 g/mol. The highest BCUT2D eigenvalue weighted by molar-refractivity contribution is 5.30. The Kier molecular flexibility index (Phi) is 3.36. The van der Waals surface area contributed by atoms with Crippen molar-refractivity contribution in [3.05, 3.63) is 71.0 Å². The topological polar surface area (TPSA) is 0 Å². The Morgan fingerprint density at radius 3 is 2.00 bits per heavy atom. The molecule has 0 aliphatic heterocycles. The molecule has 4 heteroatoms. The molecule has 2 aromatic rings. The summed E-state index contributed by atoms with van der Waals surface area (Å²) in [5, 5.41) is 0. The van der Waals surface area contributed by atoms with Gasteiger partial charge in [0, 0.05) is 6.42 Å². The molecule has 94 valence electrons. The van der Waals surface area contributed by atoms with Crippen LogP contribution in [-0.4, -0.2) is 0 Å².